The number of rotatable bonds is 3. The summed E-state index contributed by atoms with van der Waals surface area (Å²) >= 11 is 0. The Morgan fingerprint density at radius 3 is 2.32 bits per heavy atom. The first-order valence-corrected chi connectivity index (χ1v) is 15.7. The Morgan fingerprint density at radius 1 is 0.976 bits per heavy atom. The van der Waals surface area contributed by atoms with E-state index in [2.05, 4.69) is 86.2 Å². The molecule has 0 saturated heterocycles. The second-order valence-electron chi connectivity index (χ2n) is 15.0. The van der Waals surface area contributed by atoms with Crippen LogP contribution < -0.4 is 0 Å². The van der Waals surface area contributed by atoms with Crippen molar-refractivity contribution >= 4 is 11.4 Å². The van der Waals surface area contributed by atoms with E-state index in [1.807, 2.05) is 6.92 Å². The van der Waals surface area contributed by atoms with Crippen LogP contribution in [0, 0.1) is 23.2 Å². The summed E-state index contributed by atoms with van der Waals surface area (Å²) in [6.45, 7) is 29.5. The highest BCUT2D eigenvalue weighted by Crippen LogP contribution is 2.68. The van der Waals surface area contributed by atoms with Crippen LogP contribution in [0.1, 0.15) is 114 Å². The molecule has 0 radical (unpaired) electrons. The number of hydrogen-bond donors (Lipinski definition) is 0. The monoisotopic (exact) mass is 544 g/mol. The molecule has 0 fully saturated rings. The maximum absolute atomic E-state index is 14.4. The zero-order chi connectivity index (χ0) is 29.8. The SMILES string of the molecule is C=C(C)C1=C(C)C[C@@]2(C)C[C@@]3(C)Cc4c(C(C)C)cc(-c5ccc6c(c5)CCC6)c(C)c4C(=C)C3=C(C)[C@@]2(C)C1=O. The molecule has 1 nitrogen and oxygen atoms in total. The highest BCUT2D eigenvalue weighted by atomic mass is 16.1. The third kappa shape index (κ3) is 3.70. The van der Waals surface area contributed by atoms with Gasteiger partial charge in [-0.05, 0) is 151 Å². The summed E-state index contributed by atoms with van der Waals surface area (Å²) in [4.78, 5) is 14.4. The summed E-state index contributed by atoms with van der Waals surface area (Å²) < 4.78 is 0. The largest absolute Gasteiger partial charge is 0.293 e. The summed E-state index contributed by atoms with van der Waals surface area (Å²) in [5.74, 6) is 0.679. The van der Waals surface area contributed by atoms with Crippen molar-refractivity contribution < 1.29 is 4.79 Å². The van der Waals surface area contributed by atoms with E-state index in [0.717, 1.165) is 36.0 Å². The maximum Gasteiger partial charge on any atom is 0.173 e. The molecule has 0 heterocycles. The van der Waals surface area contributed by atoms with Gasteiger partial charge >= 0.3 is 0 Å². The molecule has 6 rings (SSSR count). The highest BCUT2D eigenvalue weighted by Gasteiger charge is 2.62. The normalized spacial score (nSPS) is 29.0. The number of fused-ring (bicyclic) bond motifs is 4. The lowest BCUT2D eigenvalue weighted by Crippen LogP contribution is -2.55. The van der Waals surface area contributed by atoms with Gasteiger partial charge in [-0.25, -0.2) is 0 Å². The Labute approximate surface area is 248 Å². The number of ketones is 1. The third-order valence-electron chi connectivity index (χ3n) is 11.8. The van der Waals surface area contributed by atoms with Crippen LogP contribution in [0.2, 0.25) is 0 Å². The molecule has 0 unspecified atom stereocenters. The van der Waals surface area contributed by atoms with Crippen LogP contribution in [-0.4, -0.2) is 5.78 Å². The molecule has 0 aliphatic heterocycles. The number of aryl methyl sites for hydroxylation is 2. The topological polar surface area (TPSA) is 17.1 Å². The Balaban J connectivity index is 1.59. The fraction of sp³-hybridized carbons (Fsp3) is 0.475. The van der Waals surface area contributed by atoms with Crippen LogP contribution >= 0.6 is 0 Å². The van der Waals surface area contributed by atoms with E-state index >= 15 is 0 Å². The van der Waals surface area contributed by atoms with Gasteiger partial charge in [-0.1, -0.05) is 76.3 Å². The van der Waals surface area contributed by atoms with Crippen molar-refractivity contribution in [1.82, 2.24) is 0 Å². The summed E-state index contributed by atoms with van der Waals surface area (Å²) in [5.41, 5.74) is 17.2. The maximum atomic E-state index is 14.4. The number of hydrogen-bond acceptors (Lipinski definition) is 1. The van der Waals surface area contributed by atoms with Gasteiger partial charge in [0.15, 0.2) is 5.78 Å². The Bertz CT molecular complexity index is 1640. The average molecular weight is 545 g/mol. The highest BCUT2D eigenvalue weighted by molar-refractivity contribution is 6.08. The van der Waals surface area contributed by atoms with Crippen molar-refractivity contribution in [3.63, 3.8) is 0 Å². The van der Waals surface area contributed by atoms with E-state index in [1.165, 1.54) is 80.5 Å². The molecule has 4 aliphatic rings. The van der Waals surface area contributed by atoms with E-state index in [9.17, 15) is 4.79 Å². The first-order valence-electron chi connectivity index (χ1n) is 15.7. The first-order chi connectivity index (χ1) is 19.1. The lowest BCUT2D eigenvalue weighted by Gasteiger charge is -2.60. The predicted octanol–water partition coefficient (Wildman–Crippen LogP) is 10.4. The van der Waals surface area contributed by atoms with Gasteiger partial charge in [0.05, 0.1) is 5.41 Å². The first kappa shape index (κ1) is 28.2. The average Bonchev–Trinajstić information content (AvgIpc) is 3.33. The van der Waals surface area contributed by atoms with Gasteiger partial charge in [0.25, 0.3) is 0 Å². The Morgan fingerprint density at radius 2 is 1.66 bits per heavy atom. The van der Waals surface area contributed by atoms with E-state index in [4.69, 9.17) is 6.58 Å². The van der Waals surface area contributed by atoms with Gasteiger partial charge in [-0.15, -0.1) is 0 Å². The minimum Gasteiger partial charge on any atom is -0.293 e. The summed E-state index contributed by atoms with van der Waals surface area (Å²) in [6.07, 6.45) is 6.58. The molecule has 4 aliphatic carbocycles. The zero-order valence-corrected chi connectivity index (χ0v) is 27.0. The fourth-order valence-electron chi connectivity index (χ4n) is 9.91. The molecule has 0 N–H and O–H groups in total. The van der Waals surface area contributed by atoms with Gasteiger partial charge in [0.1, 0.15) is 0 Å². The van der Waals surface area contributed by atoms with Gasteiger partial charge in [0, 0.05) is 5.57 Å². The number of allylic oxidation sites excluding steroid dienone is 6. The van der Waals surface area contributed by atoms with Crippen molar-refractivity contribution in [3.05, 3.63) is 98.7 Å². The predicted molar refractivity (Wildman–Crippen MR) is 174 cm³/mol. The number of benzene rings is 2. The van der Waals surface area contributed by atoms with Crippen LogP contribution in [0.5, 0.6) is 0 Å². The molecule has 41 heavy (non-hydrogen) atoms. The van der Waals surface area contributed by atoms with E-state index in [1.54, 1.807) is 0 Å². The number of carbonyl (C=O) groups is 1. The molecule has 2 aromatic rings. The summed E-state index contributed by atoms with van der Waals surface area (Å²) in [5, 5.41) is 0. The van der Waals surface area contributed by atoms with Crippen LogP contribution in [0.25, 0.3) is 16.7 Å². The van der Waals surface area contributed by atoms with Crippen molar-refractivity contribution in [3.8, 4) is 11.1 Å². The van der Waals surface area contributed by atoms with Crippen molar-refractivity contribution in [2.75, 3.05) is 0 Å². The molecule has 0 aromatic heterocycles. The number of carbonyl (C=O) groups excluding carboxylic acids is 1. The van der Waals surface area contributed by atoms with Gasteiger partial charge in [0.2, 0.25) is 0 Å². The molecule has 0 saturated carbocycles. The molecular formula is C40H48O. The molecule has 0 amide bonds. The Hall–Kier alpha value is -2.93. The third-order valence-corrected chi connectivity index (χ3v) is 11.8. The van der Waals surface area contributed by atoms with Crippen LogP contribution in [0.4, 0.5) is 0 Å². The molecular weight excluding hydrogens is 496 g/mol. The van der Waals surface area contributed by atoms with Crippen LogP contribution in [0.15, 0.2) is 65.3 Å². The van der Waals surface area contributed by atoms with Gasteiger partial charge < -0.3 is 0 Å². The second-order valence-corrected chi connectivity index (χ2v) is 15.0. The lowest BCUT2D eigenvalue weighted by atomic mass is 9.42. The fourth-order valence-corrected chi connectivity index (χ4v) is 9.91. The molecule has 1 heteroatoms. The van der Waals surface area contributed by atoms with Crippen molar-refractivity contribution in [2.45, 2.75) is 107 Å². The van der Waals surface area contributed by atoms with Gasteiger partial charge in [-0.2, -0.15) is 0 Å². The number of Topliss-reactive ketones (excluding diaryl/α,β-unsaturated/α-hetero) is 1. The van der Waals surface area contributed by atoms with Crippen LogP contribution in [-0.2, 0) is 24.1 Å². The summed E-state index contributed by atoms with van der Waals surface area (Å²) in [6, 6.07) is 9.64. The summed E-state index contributed by atoms with van der Waals surface area (Å²) in [7, 11) is 0. The van der Waals surface area contributed by atoms with Crippen molar-refractivity contribution in [2.24, 2.45) is 16.2 Å². The Kier molecular flexibility index (Phi) is 6.21. The quantitative estimate of drug-likeness (QED) is 0.376. The van der Waals surface area contributed by atoms with Crippen molar-refractivity contribution in [1.29, 1.82) is 0 Å². The van der Waals surface area contributed by atoms with E-state index in [-0.39, 0.29) is 16.6 Å². The zero-order valence-electron chi connectivity index (χ0n) is 27.0. The van der Waals surface area contributed by atoms with Gasteiger partial charge in [-0.3, -0.25) is 4.79 Å². The molecule has 0 bridgehead atoms. The molecule has 0 spiro atoms. The standard InChI is InChI=1S/C40H48O/c1-22(2)31-18-32(30-16-15-28-13-12-14-29(28)17-30)25(6)35-26(7)36-27(8)40(11)37(41)34(23(3)4)24(5)19-39(40,10)21-38(36,9)20-33(31)35/h15-18,22H,3,7,12-14,19-21H2,1-2,4-6,8-11H3/t38-,39+,40+/m1/s1. The molecule has 2 aromatic carbocycles. The minimum absolute atomic E-state index is 0.0606. The van der Waals surface area contributed by atoms with E-state index < -0.39 is 5.41 Å². The molecule has 3 atom stereocenters. The van der Waals surface area contributed by atoms with E-state index in [0.29, 0.717) is 5.92 Å². The minimum atomic E-state index is -0.567. The smallest absolute Gasteiger partial charge is 0.173 e. The lowest BCUT2D eigenvalue weighted by molar-refractivity contribution is -0.132. The molecule has 214 valence electrons. The van der Waals surface area contributed by atoms with Crippen LogP contribution in [0.3, 0.4) is 0 Å². The second kappa shape index (κ2) is 9.03.